The van der Waals surface area contributed by atoms with Gasteiger partial charge in [-0.2, -0.15) is 0 Å². The van der Waals surface area contributed by atoms with E-state index >= 15 is 0 Å². The Kier molecular flexibility index (Phi) is 4.18. The third-order valence-corrected chi connectivity index (χ3v) is 3.22. The SMILES string of the molecule is Cc1cc(C(CCc2ccccc2)NN)c(C)o1. The second-order valence-corrected chi connectivity index (χ2v) is 4.61. The van der Waals surface area contributed by atoms with Gasteiger partial charge in [0.25, 0.3) is 0 Å². The normalized spacial score (nSPS) is 12.6. The highest BCUT2D eigenvalue weighted by molar-refractivity contribution is 5.24. The molecule has 1 atom stereocenters. The van der Waals surface area contributed by atoms with Gasteiger partial charge in [0.15, 0.2) is 0 Å². The van der Waals surface area contributed by atoms with E-state index in [2.05, 4.69) is 35.8 Å². The Morgan fingerprint density at radius 1 is 1.22 bits per heavy atom. The lowest BCUT2D eigenvalue weighted by atomic mass is 10.00. The van der Waals surface area contributed by atoms with Gasteiger partial charge in [-0.25, -0.2) is 0 Å². The van der Waals surface area contributed by atoms with Gasteiger partial charge in [0.2, 0.25) is 0 Å². The van der Waals surface area contributed by atoms with Crippen molar-refractivity contribution in [3.05, 3.63) is 59.0 Å². The summed E-state index contributed by atoms with van der Waals surface area (Å²) in [4.78, 5) is 0. The third-order valence-electron chi connectivity index (χ3n) is 3.22. The van der Waals surface area contributed by atoms with Crippen molar-refractivity contribution in [1.82, 2.24) is 5.43 Å². The quantitative estimate of drug-likeness (QED) is 0.628. The molecule has 2 aromatic rings. The zero-order valence-electron chi connectivity index (χ0n) is 10.9. The van der Waals surface area contributed by atoms with E-state index in [9.17, 15) is 0 Å². The molecule has 1 heterocycles. The van der Waals surface area contributed by atoms with Gasteiger partial charge >= 0.3 is 0 Å². The Balaban J connectivity index is 2.04. The molecule has 1 aromatic carbocycles. The van der Waals surface area contributed by atoms with Gasteiger partial charge in [-0.05, 0) is 38.3 Å². The molecule has 18 heavy (non-hydrogen) atoms. The fourth-order valence-electron chi connectivity index (χ4n) is 2.28. The van der Waals surface area contributed by atoms with Crippen molar-refractivity contribution in [2.24, 2.45) is 5.84 Å². The zero-order valence-corrected chi connectivity index (χ0v) is 10.9. The summed E-state index contributed by atoms with van der Waals surface area (Å²) in [5.41, 5.74) is 5.37. The number of hydrazine groups is 1. The molecule has 0 bridgehead atoms. The summed E-state index contributed by atoms with van der Waals surface area (Å²) in [6, 6.07) is 12.6. The maximum absolute atomic E-state index is 5.66. The predicted molar refractivity (Wildman–Crippen MR) is 73.0 cm³/mol. The van der Waals surface area contributed by atoms with E-state index in [1.165, 1.54) is 5.56 Å². The lowest BCUT2D eigenvalue weighted by Crippen LogP contribution is -2.28. The molecular weight excluding hydrogens is 224 g/mol. The molecule has 0 aliphatic heterocycles. The number of aryl methyl sites for hydroxylation is 3. The van der Waals surface area contributed by atoms with Crippen molar-refractivity contribution in [2.45, 2.75) is 32.7 Å². The van der Waals surface area contributed by atoms with Crippen molar-refractivity contribution < 1.29 is 4.42 Å². The fraction of sp³-hybridized carbons (Fsp3) is 0.333. The summed E-state index contributed by atoms with van der Waals surface area (Å²) < 4.78 is 5.55. The molecule has 2 rings (SSSR count). The molecule has 1 unspecified atom stereocenters. The minimum atomic E-state index is 0.141. The highest BCUT2D eigenvalue weighted by Gasteiger charge is 2.15. The monoisotopic (exact) mass is 244 g/mol. The van der Waals surface area contributed by atoms with Crippen LogP contribution >= 0.6 is 0 Å². The number of nitrogens with two attached hydrogens (primary N) is 1. The molecule has 0 saturated carbocycles. The number of hydrogen-bond acceptors (Lipinski definition) is 3. The van der Waals surface area contributed by atoms with Crippen LogP contribution in [0.15, 0.2) is 40.8 Å². The summed E-state index contributed by atoms with van der Waals surface area (Å²) in [6.45, 7) is 3.94. The summed E-state index contributed by atoms with van der Waals surface area (Å²) in [5.74, 6) is 7.54. The highest BCUT2D eigenvalue weighted by Crippen LogP contribution is 2.24. The van der Waals surface area contributed by atoms with Crippen LogP contribution in [0.3, 0.4) is 0 Å². The standard InChI is InChI=1S/C15H20N2O/c1-11-10-14(12(2)18-11)15(17-16)9-8-13-6-4-3-5-7-13/h3-7,10,15,17H,8-9,16H2,1-2H3. The third kappa shape index (κ3) is 3.00. The summed E-state index contributed by atoms with van der Waals surface area (Å²) >= 11 is 0. The van der Waals surface area contributed by atoms with E-state index in [1.54, 1.807) is 0 Å². The van der Waals surface area contributed by atoms with E-state index in [4.69, 9.17) is 10.3 Å². The molecule has 1 aromatic heterocycles. The van der Waals surface area contributed by atoms with Crippen LogP contribution in [-0.4, -0.2) is 0 Å². The Morgan fingerprint density at radius 3 is 2.50 bits per heavy atom. The van der Waals surface area contributed by atoms with E-state index in [1.807, 2.05) is 19.9 Å². The molecule has 0 aliphatic rings. The second-order valence-electron chi connectivity index (χ2n) is 4.61. The van der Waals surface area contributed by atoms with E-state index in [0.717, 1.165) is 29.9 Å². The minimum Gasteiger partial charge on any atom is -0.466 e. The largest absolute Gasteiger partial charge is 0.466 e. The van der Waals surface area contributed by atoms with Crippen molar-refractivity contribution in [3.8, 4) is 0 Å². The first-order valence-corrected chi connectivity index (χ1v) is 6.27. The maximum atomic E-state index is 5.66. The maximum Gasteiger partial charge on any atom is 0.105 e. The molecule has 3 heteroatoms. The van der Waals surface area contributed by atoms with Crippen molar-refractivity contribution in [3.63, 3.8) is 0 Å². The molecule has 0 fully saturated rings. The molecule has 0 aliphatic carbocycles. The van der Waals surface area contributed by atoms with Crippen LogP contribution in [0.2, 0.25) is 0 Å². The van der Waals surface area contributed by atoms with Gasteiger partial charge in [-0.3, -0.25) is 11.3 Å². The van der Waals surface area contributed by atoms with Gasteiger partial charge in [-0.15, -0.1) is 0 Å². The summed E-state index contributed by atoms with van der Waals surface area (Å²) in [6.07, 6.45) is 1.96. The number of benzene rings is 1. The first-order valence-electron chi connectivity index (χ1n) is 6.27. The lowest BCUT2D eigenvalue weighted by molar-refractivity contribution is 0.474. The van der Waals surface area contributed by atoms with Gasteiger partial charge < -0.3 is 4.42 Å². The first-order chi connectivity index (χ1) is 8.70. The Morgan fingerprint density at radius 2 is 1.94 bits per heavy atom. The van der Waals surface area contributed by atoms with Gasteiger partial charge in [0.05, 0.1) is 0 Å². The van der Waals surface area contributed by atoms with Crippen LogP contribution in [0.1, 0.15) is 35.1 Å². The molecule has 0 radical (unpaired) electrons. The van der Waals surface area contributed by atoms with Crippen molar-refractivity contribution >= 4 is 0 Å². The van der Waals surface area contributed by atoms with Crippen LogP contribution in [0.5, 0.6) is 0 Å². The fourth-order valence-corrected chi connectivity index (χ4v) is 2.28. The molecule has 3 N–H and O–H groups in total. The van der Waals surface area contributed by atoms with Crippen LogP contribution < -0.4 is 11.3 Å². The molecule has 96 valence electrons. The Labute approximate surface area is 108 Å². The summed E-state index contributed by atoms with van der Waals surface area (Å²) in [7, 11) is 0. The molecule has 0 amide bonds. The number of hydrogen-bond donors (Lipinski definition) is 2. The van der Waals surface area contributed by atoms with Crippen molar-refractivity contribution in [2.75, 3.05) is 0 Å². The average molecular weight is 244 g/mol. The van der Waals surface area contributed by atoms with E-state index in [0.29, 0.717) is 0 Å². The highest BCUT2D eigenvalue weighted by atomic mass is 16.3. The smallest absolute Gasteiger partial charge is 0.105 e. The number of furan rings is 1. The van der Waals surface area contributed by atoms with Crippen LogP contribution in [0, 0.1) is 13.8 Å². The second kappa shape index (κ2) is 5.85. The van der Waals surface area contributed by atoms with Gasteiger partial charge in [0, 0.05) is 11.6 Å². The molecule has 3 nitrogen and oxygen atoms in total. The average Bonchev–Trinajstić information content (AvgIpc) is 2.71. The molecule has 0 saturated heterocycles. The molecular formula is C15H20N2O. The topological polar surface area (TPSA) is 51.2 Å². The van der Waals surface area contributed by atoms with Crippen molar-refractivity contribution in [1.29, 1.82) is 0 Å². The number of rotatable bonds is 5. The lowest BCUT2D eigenvalue weighted by Gasteiger charge is -2.15. The predicted octanol–water partition coefficient (Wildman–Crippen LogP) is 3.03. The Hall–Kier alpha value is -1.58. The minimum absolute atomic E-state index is 0.141. The van der Waals surface area contributed by atoms with Gasteiger partial charge in [0.1, 0.15) is 11.5 Å². The Bertz CT molecular complexity index is 490. The van der Waals surface area contributed by atoms with E-state index < -0.39 is 0 Å². The van der Waals surface area contributed by atoms with Crippen LogP contribution in [0.25, 0.3) is 0 Å². The van der Waals surface area contributed by atoms with Crippen LogP contribution in [0.4, 0.5) is 0 Å². The zero-order chi connectivity index (χ0) is 13.0. The van der Waals surface area contributed by atoms with Crippen LogP contribution in [-0.2, 0) is 6.42 Å². The first kappa shape index (κ1) is 12.9. The summed E-state index contributed by atoms with van der Waals surface area (Å²) in [5, 5.41) is 0. The molecule has 0 spiro atoms. The number of nitrogens with one attached hydrogen (secondary N) is 1. The van der Waals surface area contributed by atoms with E-state index in [-0.39, 0.29) is 6.04 Å². The van der Waals surface area contributed by atoms with Gasteiger partial charge in [-0.1, -0.05) is 30.3 Å².